The summed E-state index contributed by atoms with van der Waals surface area (Å²) in [6, 6.07) is 18.4. The van der Waals surface area contributed by atoms with Crippen molar-refractivity contribution in [3.8, 4) is 17.2 Å². The van der Waals surface area contributed by atoms with Gasteiger partial charge < -0.3 is 9.47 Å². The fraction of sp³-hybridized carbons (Fsp3) is 0.0870. The molecule has 0 atom stereocenters. The first-order chi connectivity index (χ1) is 14.0. The Morgan fingerprint density at radius 2 is 1.31 bits per heavy atom. The van der Waals surface area contributed by atoms with Crippen molar-refractivity contribution < 1.29 is 23.9 Å². The van der Waals surface area contributed by atoms with E-state index in [2.05, 4.69) is 0 Å². The highest BCUT2D eigenvalue weighted by molar-refractivity contribution is 6.34. The summed E-state index contributed by atoms with van der Waals surface area (Å²) in [5, 5.41) is 0. The molecule has 0 N–H and O–H groups in total. The Morgan fingerprint density at radius 3 is 1.90 bits per heavy atom. The second-order valence-corrected chi connectivity index (χ2v) is 6.53. The highest BCUT2D eigenvalue weighted by Crippen LogP contribution is 2.31. The molecule has 0 saturated heterocycles. The summed E-state index contributed by atoms with van der Waals surface area (Å²) < 4.78 is 10.9. The number of ether oxygens (including phenoxy) is 2. The SMILES string of the molecule is COc1ccc(Oc2ccc(N3C(=O)c4ccc(C(C)=O)cc4C3=O)cc2)cc1. The first-order valence-corrected chi connectivity index (χ1v) is 8.93. The van der Waals surface area contributed by atoms with Gasteiger partial charge in [0.1, 0.15) is 17.2 Å². The van der Waals surface area contributed by atoms with Gasteiger partial charge >= 0.3 is 0 Å². The lowest BCUT2D eigenvalue weighted by molar-refractivity contribution is 0.0925. The minimum atomic E-state index is -0.447. The summed E-state index contributed by atoms with van der Waals surface area (Å²) >= 11 is 0. The van der Waals surface area contributed by atoms with Gasteiger partial charge in [0.05, 0.1) is 23.9 Å². The summed E-state index contributed by atoms with van der Waals surface area (Å²) in [6.45, 7) is 1.42. The van der Waals surface area contributed by atoms with Crippen LogP contribution in [0.25, 0.3) is 0 Å². The number of fused-ring (bicyclic) bond motifs is 1. The Morgan fingerprint density at radius 1 is 0.759 bits per heavy atom. The molecule has 0 aliphatic carbocycles. The molecule has 1 heterocycles. The number of hydrogen-bond acceptors (Lipinski definition) is 5. The van der Waals surface area contributed by atoms with Crippen molar-refractivity contribution in [2.24, 2.45) is 0 Å². The molecule has 0 unspecified atom stereocenters. The molecule has 1 aliphatic heterocycles. The van der Waals surface area contributed by atoms with E-state index in [9.17, 15) is 14.4 Å². The Balaban J connectivity index is 1.56. The van der Waals surface area contributed by atoms with Crippen molar-refractivity contribution in [3.63, 3.8) is 0 Å². The van der Waals surface area contributed by atoms with Gasteiger partial charge in [-0.1, -0.05) is 6.07 Å². The third kappa shape index (κ3) is 3.36. The van der Waals surface area contributed by atoms with Gasteiger partial charge in [-0.25, -0.2) is 4.90 Å². The van der Waals surface area contributed by atoms with E-state index in [1.165, 1.54) is 19.1 Å². The maximum absolute atomic E-state index is 12.8. The van der Waals surface area contributed by atoms with Crippen LogP contribution in [0.3, 0.4) is 0 Å². The zero-order valence-electron chi connectivity index (χ0n) is 15.8. The molecule has 0 spiro atoms. The number of carbonyl (C=O) groups is 3. The zero-order chi connectivity index (χ0) is 20.5. The first-order valence-electron chi connectivity index (χ1n) is 8.93. The topological polar surface area (TPSA) is 72.9 Å². The number of anilines is 1. The molecule has 0 aromatic heterocycles. The Hall–Kier alpha value is -3.93. The number of nitrogens with zero attached hydrogens (tertiary/aromatic N) is 1. The van der Waals surface area contributed by atoms with Crippen LogP contribution in [-0.4, -0.2) is 24.7 Å². The van der Waals surface area contributed by atoms with E-state index in [-0.39, 0.29) is 11.3 Å². The highest BCUT2D eigenvalue weighted by Gasteiger charge is 2.37. The molecule has 6 heteroatoms. The standard InChI is InChI=1S/C23H17NO5/c1-14(25)15-3-12-20-21(13-15)23(27)24(22(20)26)16-4-6-18(7-5-16)29-19-10-8-17(28-2)9-11-19/h3-13H,1-2H3. The average molecular weight is 387 g/mol. The van der Waals surface area contributed by atoms with Gasteiger partial charge in [0, 0.05) is 5.56 Å². The van der Waals surface area contributed by atoms with Gasteiger partial charge in [-0.2, -0.15) is 0 Å². The molecule has 144 valence electrons. The predicted octanol–water partition coefficient (Wildman–Crippen LogP) is 4.49. The van der Waals surface area contributed by atoms with E-state index in [1.807, 2.05) is 0 Å². The molecule has 0 fully saturated rings. The molecule has 0 bridgehead atoms. The second-order valence-electron chi connectivity index (χ2n) is 6.53. The van der Waals surface area contributed by atoms with Gasteiger partial charge in [0.2, 0.25) is 0 Å². The number of rotatable bonds is 5. The molecule has 4 rings (SSSR count). The van der Waals surface area contributed by atoms with Crippen molar-refractivity contribution in [1.82, 2.24) is 0 Å². The molecule has 6 nitrogen and oxygen atoms in total. The van der Waals surface area contributed by atoms with Crippen LogP contribution in [0.1, 0.15) is 38.0 Å². The van der Waals surface area contributed by atoms with Crippen molar-refractivity contribution in [2.75, 3.05) is 12.0 Å². The van der Waals surface area contributed by atoms with Gasteiger partial charge in [0.25, 0.3) is 11.8 Å². The van der Waals surface area contributed by atoms with Crippen LogP contribution in [-0.2, 0) is 0 Å². The smallest absolute Gasteiger partial charge is 0.266 e. The van der Waals surface area contributed by atoms with Crippen molar-refractivity contribution in [3.05, 3.63) is 83.4 Å². The summed E-state index contributed by atoms with van der Waals surface area (Å²) in [5.41, 5.74) is 1.36. The van der Waals surface area contributed by atoms with E-state index in [0.717, 1.165) is 10.6 Å². The fourth-order valence-corrected chi connectivity index (χ4v) is 3.14. The summed E-state index contributed by atoms with van der Waals surface area (Å²) in [7, 11) is 1.59. The summed E-state index contributed by atoms with van der Waals surface area (Å²) in [6.07, 6.45) is 0. The number of Topliss-reactive ketones (excluding diaryl/α,β-unsaturated/α-hetero) is 1. The van der Waals surface area contributed by atoms with Crippen LogP contribution in [0.5, 0.6) is 17.2 Å². The zero-order valence-corrected chi connectivity index (χ0v) is 15.8. The Bertz CT molecular complexity index is 1120. The number of carbonyl (C=O) groups excluding carboxylic acids is 3. The molecule has 3 aromatic carbocycles. The van der Waals surface area contributed by atoms with Crippen LogP contribution in [0.4, 0.5) is 5.69 Å². The quantitative estimate of drug-likeness (QED) is 0.476. The van der Waals surface area contributed by atoms with E-state index < -0.39 is 11.8 Å². The van der Waals surface area contributed by atoms with Crippen LogP contribution in [0, 0.1) is 0 Å². The van der Waals surface area contributed by atoms with Gasteiger partial charge in [-0.05, 0) is 67.6 Å². The second kappa shape index (κ2) is 7.24. The largest absolute Gasteiger partial charge is 0.497 e. The number of methoxy groups -OCH3 is 1. The number of benzene rings is 3. The van der Waals surface area contributed by atoms with Gasteiger partial charge in [0.15, 0.2) is 5.78 Å². The molecular weight excluding hydrogens is 370 g/mol. The number of ketones is 1. The van der Waals surface area contributed by atoms with Crippen LogP contribution < -0.4 is 14.4 Å². The summed E-state index contributed by atoms with van der Waals surface area (Å²) in [5.74, 6) is 0.907. The highest BCUT2D eigenvalue weighted by atomic mass is 16.5. The normalized spacial score (nSPS) is 12.7. The molecule has 0 radical (unpaired) electrons. The Kier molecular flexibility index (Phi) is 4.60. The number of hydrogen-bond donors (Lipinski definition) is 0. The maximum atomic E-state index is 12.8. The Labute approximate surface area is 167 Å². The van der Waals surface area contributed by atoms with Crippen LogP contribution >= 0.6 is 0 Å². The monoisotopic (exact) mass is 387 g/mol. The predicted molar refractivity (Wildman–Crippen MR) is 107 cm³/mol. The molecule has 3 aromatic rings. The van der Waals surface area contributed by atoms with Gasteiger partial charge in [-0.15, -0.1) is 0 Å². The summed E-state index contributed by atoms with van der Waals surface area (Å²) in [4.78, 5) is 38.2. The fourth-order valence-electron chi connectivity index (χ4n) is 3.14. The molecule has 0 saturated carbocycles. The number of imide groups is 1. The molecule has 1 aliphatic rings. The lowest BCUT2D eigenvalue weighted by atomic mass is 10.0. The van der Waals surface area contributed by atoms with E-state index in [1.54, 1.807) is 61.7 Å². The minimum absolute atomic E-state index is 0.161. The third-order valence-corrected chi connectivity index (χ3v) is 4.68. The van der Waals surface area contributed by atoms with E-state index in [4.69, 9.17) is 9.47 Å². The molecular formula is C23H17NO5. The van der Waals surface area contributed by atoms with Crippen LogP contribution in [0.15, 0.2) is 66.7 Å². The first kappa shape index (κ1) is 18.4. The lowest BCUT2D eigenvalue weighted by Gasteiger charge is -2.14. The van der Waals surface area contributed by atoms with Crippen molar-refractivity contribution in [2.45, 2.75) is 6.92 Å². The minimum Gasteiger partial charge on any atom is -0.497 e. The van der Waals surface area contributed by atoms with E-state index in [0.29, 0.717) is 28.3 Å². The van der Waals surface area contributed by atoms with Gasteiger partial charge in [-0.3, -0.25) is 14.4 Å². The number of amides is 2. The van der Waals surface area contributed by atoms with Crippen molar-refractivity contribution >= 4 is 23.3 Å². The molecule has 2 amide bonds. The lowest BCUT2D eigenvalue weighted by Crippen LogP contribution is -2.29. The average Bonchev–Trinajstić information content (AvgIpc) is 2.99. The van der Waals surface area contributed by atoms with E-state index >= 15 is 0 Å². The maximum Gasteiger partial charge on any atom is 0.266 e. The third-order valence-electron chi connectivity index (χ3n) is 4.68. The van der Waals surface area contributed by atoms with Crippen molar-refractivity contribution in [1.29, 1.82) is 0 Å². The molecule has 29 heavy (non-hydrogen) atoms. The van der Waals surface area contributed by atoms with Crippen LogP contribution in [0.2, 0.25) is 0 Å².